The molecular formula is C18H30N2O2S. The van der Waals surface area contributed by atoms with E-state index in [4.69, 9.17) is 4.74 Å². The normalized spacial score (nSPS) is 12.0. The number of thioether (sulfide) groups is 1. The molecule has 4 nitrogen and oxygen atoms in total. The molecule has 23 heavy (non-hydrogen) atoms. The molecular weight excluding hydrogens is 308 g/mol. The van der Waals surface area contributed by atoms with Gasteiger partial charge in [0.15, 0.2) is 0 Å². The number of carbonyl (C=O) groups excluding carboxylic acids is 1. The molecule has 0 aliphatic heterocycles. The van der Waals surface area contributed by atoms with E-state index in [1.807, 2.05) is 53.7 Å². The van der Waals surface area contributed by atoms with E-state index in [1.54, 1.807) is 16.7 Å². The van der Waals surface area contributed by atoms with E-state index in [-0.39, 0.29) is 11.6 Å². The van der Waals surface area contributed by atoms with Crippen LogP contribution in [0.2, 0.25) is 0 Å². The Morgan fingerprint density at radius 3 is 2.30 bits per heavy atom. The largest absolute Gasteiger partial charge is 0.444 e. The van der Waals surface area contributed by atoms with Crippen LogP contribution < -0.4 is 5.32 Å². The van der Waals surface area contributed by atoms with Crippen LogP contribution in [0.1, 0.15) is 41.5 Å². The highest BCUT2D eigenvalue weighted by Crippen LogP contribution is 2.24. The van der Waals surface area contributed by atoms with Crippen molar-refractivity contribution in [2.45, 2.75) is 57.6 Å². The molecule has 0 aromatic heterocycles. The van der Waals surface area contributed by atoms with E-state index in [9.17, 15) is 4.79 Å². The Kier molecular flexibility index (Phi) is 6.81. The van der Waals surface area contributed by atoms with Crippen LogP contribution in [0.15, 0.2) is 29.2 Å². The first-order chi connectivity index (χ1) is 10.5. The van der Waals surface area contributed by atoms with Crippen molar-refractivity contribution in [3.8, 4) is 0 Å². The van der Waals surface area contributed by atoms with Crippen molar-refractivity contribution >= 4 is 23.5 Å². The van der Waals surface area contributed by atoms with Gasteiger partial charge in [-0.2, -0.15) is 0 Å². The minimum atomic E-state index is -0.487. The number of para-hydroxylation sites is 1. The Bertz CT molecular complexity index is 518. The zero-order valence-electron chi connectivity index (χ0n) is 15.4. The molecule has 0 spiro atoms. The molecule has 0 heterocycles. The molecule has 0 aliphatic carbocycles. The first-order valence-electron chi connectivity index (χ1n) is 7.92. The van der Waals surface area contributed by atoms with Gasteiger partial charge in [-0.15, -0.1) is 11.8 Å². The van der Waals surface area contributed by atoms with Crippen LogP contribution in [0.4, 0.5) is 10.5 Å². The second-order valence-corrected chi connectivity index (χ2v) is 8.28. The van der Waals surface area contributed by atoms with Crippen molar-refractivity contribution in [1.82, 2.24) is 4.90 Å². The van der Waals surface area contributed by atoms with Crippen molar-refractivity contribution < 1.29 is 9.53 Å². The van der Waals surface area contributed by atoms with E-state index in [0.29, 0.717) is 13.1 Å². The molecule has 0 saturated heterocycles. The second-order valence-electron chi connectivity index (χ2n) is 7.43. The summed E-state index contributed by atoms with van der Waals surface area (Å²) in [6.45, 7) is 13.0. The molecule has 1 N–H and O–H groups in total. The van der Waals surface area contributed by atoms with Gasteiger partial charge in [0.2, 0.25) is 0 Å². The van der Waals surface area contributed by atoms with E-state index >= 15 is 0 Å². The lowest BCUT2D eigenvalue weighted by Crippen LogP contribution is -2.49. The van der Waals surface area contributed by atoms with Gasteiger partial charge in [0, 0.05) is 29.2 Å². The third-order valence-electron chi connectivity index (χ3n) is 3.18. The van der Waals surface area contributed by atoms with Crippen LogP contribution in [0.5, 0.6) is 0 Å². The smallest absolute Gasteiger partial charge is 0.410 e. The van der Waals surface area contributed by atoms with Crippen molar-refractivity contribution in [2.24, 2.45) is 0 Å². The number of hydrogen-bond donors (Lipinski definition) is 1. The fraction of sp³-hybridized carbons (Fsp3) is 0.611. The lowest BCUT2D eigenvalue weighted by Gasteiger charge is -2.37. The molecule has 0 atom stereocenters. The second kappa shape index (κ2) is 7.95. The van der Waals surface area contributed by atoms with E-state index in [2.05, 4.69) is 23.7 Å². The maximum absolute atomic E-state index is 12.4. The summed E-state index contributed by atoms with van der Waals surface area (Å²) in [6.07, 6.45) is 1.79. The van der Waals surface area contributed by atoms with Gasteiger partial charge in [-0.3, -0.25) is 0 Å². The van der Waals surface area contributed by atoms with Crippen molar-refractivity contribution in [3.63, 3.8) is 0 Å². The van der Waals surface area contributed by atoms with Crippen molar-refractivity contribution in [3.05, 3.63) is 24.3 Å². The lowest BCUT2D eigenvalue weighted by molar-refractivity contribution is 0.00749. The molecule has 0 radical (unpaired) electrons. The average molecular weight is 339 g/mol. The highest BCUT2D eigenvalue weighted by atomic mass is 32.2. The number of amides is 1. The minimum absolute atomic E-state index is 0.273. The van der Waals surface area contributed by atoms with Gasteiger partial charge >= 0.3 is 6.09 Å². The standard InChI is InChI=1S/C18H30N2O2S/c1-17(2,3)20(16(21)22-18(4,5)6)13-12-19-14-10-8-9-11-15(14)23-7/h8-11,19H,12-13H2,1-7H3. The highest BCUT2D eigenvalue weighted by molar-refractivity contribution is 7.98. The third kappa shape index (κ3) is 6.73. The van der Waals surface area contributed by atoms with Gasteiger partial charge in [-0.25, -0.2) is 4.79 Å². The van der Waals surface area contributed by atoms with Gasteiger partial charge in [0.1, 0.15) is 5.60 Å². The van der Waals surface area contributed by atoms with Gasteiger partial charge in [0.25, 0.3) is 0 Å². The molecule has 0 fully saturated rings. The maximum atomic E-state index is 12.4. The first kappa shape index (κ1) is 19.7. The summed E-state index contributed by atoms with van der Waals surface area (Å²) >= 11 is 1.71. The Morgan fingerprint density at radius 1 is 1.17 bits per heavy atom. The predicted molar refractivity (Wildman–Crippen MR) is 99.4 cm³/mol. The summed E-state index contributed by atoms with van der Waals surface area (Å²) in [5.41, 5.74) is 0.320. The molecule has 0 bridgehead atoms. The zero-order valence-corrected chi connectivity index (χ0v) is 16.2. The van der Waals surface area contributed by atoms with Crippen LogP contribution in [0.25, 0.3) is 0 Å². The molecule has 1 aromatic carbocycles. The topological polar surface area (TPSA) is 41.6 Å². The van der Waals surface area contributed by atoms with Crippen LogP contribution in [-0.2, 0) is 4.74 Å². The van der Waals surface area contributed by atoms with Gasteiger partial charge in [0.05, 0.1) is 0 Å². The maximum Gasteiger partial charge on any atom is 0.410 e. The van der Waals surface area contributed by atoms with Crippen LogP contribution in [0, 0.1) is 0 Å². The number of hydrogen-bond acceptors (Lipinski definition) is 4. The summed E-state index contributed by atoms with van der Waals surface area (Å²) in [4.78, 5) is 15.4. The third-order valence-corrected chi connectivity index (χ3v) is 3.98. The van der Waals surface area contributed by atoms with Gasteiger partial charge in [-0.1, -0.05) is 12.1 Å². The molecule has 130 valence electrons. The van der Waals surface area contributed by atoms with Crippen molar-refractivity contribution in [1.29, 1.82) is 0 Å². The summed E-state index contributed by atoms with van der Waals surface area (Å²) < 4.78 is 5.53. The van der Waals surface area contributed by atoms with Crippen molar-refractivity contribution in [2.75, 3.05) is 24.7 Å². The Hall–Kier alpha value is -1.36. The summed E-state index contributed by atoms with van der Waals surface area (Å²) in [5, 5.41) is 3.41. The Morgan fingerprint density at radius 2 is 1.78 bits per heavy atom. The molecule has 1 amide bonds. The molecule has 0 unspecified atom stereocenters. The molecule has 0 saturated carbocycles. The molecule has 1 aromatic rings. The fourth-order valence-corrected chi connectivity index (χ4v) is 2.69. The SMILES string of the molecule is CSc1ccccc1NCCN(C(=O)OC(C)(C)C)C(C)(C)C. The summed E-state index contributed by atoms with van der Waals surface area (Å²) in [7, 11) is 0. The minimum Gasteiger partial charge on any atom is -0.444 e. The molecule has 1 rings (SSSR count). The predicted octanol–water partition coefficient (Wildman–Crippen LogP) is 4.86. The number of ether oxygens (including phenoxy) is 1. The quantitative estimate of drug-likeness (QED) is 0.779. The van der Waals surface area contributed by atoms with E-state index in [0.717, 1.165) is 5.69 Å². The summed E-state index contributed by atoms with van der Waals surface area (Å²) in [5.74, 6) is 0. The molecule has 0 aliphatic rings. The van der Waals surface area contributed by atoms with Gasteiger partial charge in [-0.05, 0) is 59.9 Å². The Balaban J connectivity index is 2.70. The van der Waals surface area contributed by atoms with Crippen LogP contribution in [-0.4, -0.2) is 41.5 Å². The number of carbonyl (C=O) groups is 1. The van der Waals surface area contributed by atoms with Gasteiger partial charge < -0.3 is 15.0 Å². The highest BCUT2D eigenvalue weighted by Gasteiger charge is 2.30. The van der Waals surface area contributed by atoms with Crippen LogP contribution >= 0.6 is 11.8 Å². The zero-order chi connectivity index (χ0) is 17.7. The molecule has 5 heteroatoms. The first-order valence-corrected chi connectivity index (χ1v) is 9.14. The number of anilines is 1. The average Bonchev–Trinajstić information content (AvgIpc) is 2.40. The van der Waals surface area contributed by atoms with Crippen LogP contribution in [0.3, 0.4) is 0 Å². The number of rotatable bonds is 5. The van der Waals surface area contributed by atoms with E-state index in [1.165, 1.54) is 4.90 Å². The number of nitrogens with one attached hydrogen (secondary N) is 1. The summed E-state index contributed by atoms with van der Waals surface area (Å²) in [6, 6.07) is 8.18. The lowest BCUT2D eigenvalue weighted by atomic mass is 10.1. The number of nitrogens with zero attached hydrogens (tertiary/aromatic N) is 1. The van der Waals surface area contributed by atoms with E-state index < -0.39 is 5.60 Å². The Labute approximate surface area is 145 Å². The number of benzene rings is 1. The monoisotopic (exact) mass is 338 g/mol. The fourth-order valence-electron chi connectivity index (χ4n) is 2.11.